The molecule has 0 unspecified atom stereocenters. The molecular formula is C10H14N2O3. The Kier molecular flexibility index (Phi) is 3.49. The molecule has 0 radical (unpaired) electrons. The third-order valence-electron chi connectivity index (χ3n) is 1.94. The van der Waals surface area contributed by atoms with Crippen LogP contribution >= 0.6 is 0 Å². The fourth-order valence-electron chi connectivity index (χ4n) is 1.09. The van der Waals surface area contributed by atoms with Crippen LogP contribution in [0.5, 0.6) is 5.88 Å². The topological polar surface area (TPSA) is 74.4 Å². The third-order valence-corrected chi connectivity index (χ3v) is 1.94. The first-order valence-electron chi connectivity index (χ1n) is 4.58. The van der Waals surface area contributed by atoms with E-state index in [0.29, 0.717) is 18.2 Å². The minimum absolute atomic E-state index is 0.157. The van der Waals surface area contributed by atoms with Gasteiger partial charge in [-0.3, -0.25) is 0 Å². The van der Waals surface area contributed by atoms with Gasteiger partial charge in [0.1, 0.15) is 0 Å². The van der Waals surface area contributed by atoms with E-state index in [1.807, 2.05) is 6.92 Å². The van der Waals surface area contributed by atoms with Crippen LogP contribution < -0.4 is 10.5 Å². The van der Waals surface area contributed by atoms with Gasteiger partial charge >= 0.3 is 5.97 Å². The van der Waals surface area contributed by atoms with Crippen molar-refractivity contribution in [3.05, 3.63) is 17.3 Å². The lowest BCUT2D eigenvalue weighted by Crippen LogP contribution is -2.09. The van der Waals surface area contributed by atoms with Crippen molar-refractivity contribution in [2.45, 2.75) is 13.8 Å². The zero-order chi connectivity index (χ0) is 11.4. The number of anilines is 1. The number of nitrogens with two attached hydrogens (primary N) is 1. The van der Waals surface area contributed by atoms with Crippen LogP contribution in [0.15, 0.2) is 6.07 Å². The molecule has 0 spiro atoms. The van der Waals surface area contributed by atoms with Crippen molar-refractivity contribution >= 4 is 11.7 Å². The van der Waals surface area contributed by atoms with Gasteiger partial charge in [0.05, 0.1) is 13.7 Å². The lowest BCUT2D eigenvalue weighted by molar-refractivity contribution is 0.0593. The molecule has 5 heteroatoms. The number of rotatable bonds is 3. The van der Waals surface area contributed by atoms with Crippen LogP contribution in [0.2, 0.25) is 0 Å². The molecular weight excluding hydrogens is 196 g/mol. The highest BCUT2D eigenvalue weighted by Crippen LogP contribution is 2.22. The van der Waals surface area contributed by atoms with Crippen molar-refractivity contribution in [3.63, 3.8) is 0 Å². The number of ether oxygens (including phenoxy) is 2. The highest BCUT2D eigenvalue weighted by atomic mass is 16.5. The predicted octanol–water partition coefficient (Wildman–Crippen LogP) is 1.16. The summed E-state index contributed by atoms with van der Waals surface area (Å²) in [5.41, 5.74) is 7.07. The summed E-state index contributed by atoms with van der Waals surface area (Å²) in [6.07, 6.45) is 0. The van der Waals surface area contributed by atoms with Gasteiger partial charge in [-0.15, -0.1) is 0 Å². The number of hydrogen-bond acceptors (Lipinski definition) is 5. The Balaban J connectivity index is 3.16. The number of carbonyl (C=O) groups is 1. The molecule has 2 N–H and O–H groups in total. The van der Waals surface area contributed by atoms with Gasteiger partial charge in [-0.1, -0.05) is 0 Å². The lowest BCUT2D eigenvalue weighted by Gasteiger charge is -2.09. The quantitative estimate of drug-likeness (QED) is 0.757. The zero-order valence-electron chi connectivity index (χ0n) is 9.03. The molecule has 0 aliphatic heterocycles. The second kappa shape index (κ2) is 4.63. The van der Waals surface area contributed by atoms with E-state index >= 15 is 0 Å². The van der Waals surface area contributed by atoms with Crippen LogP contribution in [-0.4, -0.2) is 24.7 Å². The first-order chi connectivity index (χ1) is 7.10. The number of methoxy groups -OCH3 is 1. The Morgan fingerprint density at radius 3 is 2.80 bits per heavy atom. The highest BCUT2D eigenvalue weighted by Gasteiger charge is 2.13. The average Bonchev–Trinajstić information content (AvgIpc) is 2.23. The van der Waals surface area contributed by atoms with Crippen LogP contribution in [0.3, 0.4) is 0 Å². The maximum atomic E-state index is 11.2. The van der Waals surface area contributed by atoms with Crippen LogP contribution in [0, 0.1) is 6.92 Å². The molecule has 0 aromatic carbocycles. The summed E-state index contributed by atoms with van der Waals surface area (Å²) in [4.78, 5) is 15.3. The van der Waals surface area contributed by atoms with Crippen molar-refractivity contribution in [2.75, 3.05) is 19.5 Å². The maximum absolute atomic E-state index is 11.2. The van der Waals surface area contributed by atoms with Crippen LogP contribution in [-0.2, 0) is 4.74 Å². The minimum Gasteiger partial charge on any atom is -0.478 e. The molecule has 82 valence electrons. The van der Waals surface area contributed by atoms with Gasteiger partial charge in [0.15, 0.2) is 5.69 Å². The molecule has 1 rings (SSSR count). The van der Waals surface area contributed by atoms with E-state index in [-0.39, 0.29) is 5.69 Å². The number of aromatic nitrogens is 1. The van der Waals surface area contributed by atoms with Crippen molar-refractivity contribution in [1.29, 1.82) is 0 Å². The fraction of sp³-hybridized carbons (Fsp3) is 0.400. The van der Waals surface area contributed by atoms with Gasteiger partial charge in [0.25, 0.3) is 0 Å². The summed E-state index contributed by atoms with van der Waals surface area (Å²) < 4.78 is 9.81. The smallest absolute Gasteiger partial charge is 0.356 e. The SMILES string of the molecule is CCOc1nc(C(=O)OC)cc(N)c1C. The van der Waals surface area contributed by atoms with E-state index in [2.05, 4.69) is 9.72 Å². The lowest BCUT2D eigenvalue weighted by atomic mass is 10.2. The number of carbonyl (C=O) groups excluding carboxylic acids is 1. The van der Waals surface area contributed by atoms with Gasteiger partial charge in [-0.25, -0.2) is 9.78 Å². The van der Waals surface area contributed by atoms with Crippen LogP contribution in [0.4, 0.5) is 5.69 Å². The Bertz CT molecular complexity index is 377. The summed E-state index contributed by atoms with van der Waals surface area (Å²) in [6, 6.07) is 1.48. The standard InChI is InChI=1S/C10H14N2O3/c1-4-15-9-6(2)7(11)5-8(12-9)10(13)14-3/h5H,4H2,1-3H3,(H2,11,12). The molecule has 0 saturated heterocycles. The predicted molar refractivity (Wildman–Crippen MR) is 55.9 cm³/mol. The van der Waals surface area contributed by atoms with E-state index in [4.69, 9.17) is 10.5 Å². The fourth-order valence-corrected chi connectivity index (χ4v) is 1.09. The Labute approximate surface area is 88.2 Å². The molecule has 1 aromatic rings. The van der Waals surface area contributed by atoms with Gasteiger partial charge in [0, 0.05) is 11.3 Å². The largest absolute Gasteiger partial charge is 0.478 e. The van der Waals surface area contributed by atoms with Gasteiger partial charge < -0.3 is 15.2 Å². The summed E-state index contributed by atoms with van der Waals surface area (Å²) in [6.45, 7) is 4.09. The van der Waals surface area contributed by atoms with Gasteiger partial charge in [-0.05, 0) is 19.9 Å². The number of hydrogen-bond donors (Lipinski definition) is 1. The van der Waals surface area contributed by atoms with Crippen molar-refractivity contribution < 1.29 is 14.3 Å². The second-order valence-electron chi connectivity index (χ2n) is 2.95. The molecule has 0 bridgehead atoms. The summed E-state index contributed by atoms with van der Waals surface area (Å²) >= 11 is 0. The Hall–Kier alpha value is -1.78. The molecule has 0 aliphatic carbocycles. The van der Waals surface area contributed by atoms with Crippen molar-refractivity contribution in [1.82, 2.24) is 4.98 Å². The molecule has 15 heavy (non-hydrogen) atoms. The Morgan fingerprint density at radius 2 is 2.27 bits per heavy atom. The first kappa shape index (κ1) is 11.3. The second-order valence-corrected chi connectivity index (χ2v) is 2.95. The molecule has 0 amide bonds. The van der Waals surface area contributed by atoms with E-state index in [1.165, 1.54) is 13.2 Å². The summed E-state index contributed by atoms with van der Waals surface area (Å²) in [7, 11) is 1.29. The molecule has 0 aliphatic rings. The van der Waals surface area contributed by atoms with Crippen LogP contribution in [0.25, 0.3) is 0 Å². The summed E-state index contributed by atoms with van der Waals surface area (Å²) in [5.74, 6) is -0.152. The van der Waals surface area contributed by atoms with Crippen molar-refractivity contribution in [2.24, 2.45) is 0 Å². The summed E-state index contributed by atoms with van der Waals surface area (Å²) in [5, 5.41) is 0. The van der Waals surface area contributed by atoms with E-state index < -0.39 is 5.97 Å². The molecule has 0 atom stereocenters. The van der Waals surface area contributed by atoms with E-state index in [1.54, 1.807) is 6.92 Å². The van der Waals surface area contributed by atoms with Crippen molar-refractivity contribution in [3.8, 4) is 5.88 Å². The number of esters is 1. The minimum atomic E-state index is -0.525. The van der Waals surface area contributed by atoms with Gasteiger partial charge in [0.2, 0.25) is 5.88 Å². The molecule has 1 aromatic heterocycles. The molecule has 0 fully saturated rings. The van der Waals surface area contributed by atoms with E-state index in [0.717, 1.165) is 5.56 Å². The maximum Gasteiger partial charge on any atom is 0.356 e. The number of nitrogens with zero attached hydrogens (tertiary/aromatic N) is 1. The average molecular weight is 210 g/mol. The zero-order valence-corrected chi connectivity index (χ0v) is 9.03. The van der Waals surface area contributed by atoms with Crippen LogP contribution in [0.1, 0.15) is 23.0 Å². The Morgan fingerprint density at radius 1 is 1.60 bits per heavy atom. The normalized spacial score (nSPS) is 9.80. The highest BCUT2D eigenvalue weighted by molar-refractivity contribution is 5.88. The molecule has 5 nitrogen and oxygen atoms in total. The third kappa shape index (κ3) is 2.37. The number of pyridine rings is 1. The number of nitrogen functional groups attached to an aromatic ring is 1. The molecule has 0 saturated carbocycles. The van der Waals surface area contributed by atoms with Gasteiger partial charge in [-0.2, -0.15) is 0 Å². The first-order valence-corrected chi connectivity index (χ1v) is 4.58. The van der Waals surface area contributed by atoms with E-state index in [9.17, 15) is 4.79 Å². The molecule has 1 heterocycles. The monoisotopic (exact) mass is 210 g/mol.